The highest BCUT2D eigenvalue weighted by atomic mass is 15.2. The summed E-state index contributed by atoms with van der Waals surface area (Å²) in [7, 11) is 0. The Bertz CT molecular complexity index is 171. The van der Waals surface area contributed by atoms with Gasteiger partial charge in [-0.3, -0.25) is 11.3 Å². The van der Waals surface area contributed by atoms with E-state index in [4.69, 9.17) is 5.84 Å². The molecule has 0 aliphatic heterocycles. The molecule has 1 aliphatic carbocycles. The van der Waals surface area contributed by atoms with Crippen molar-refractivity contribution in [2.75, 3.05) is 0 Å². The van der Waals surface area contributed by atoms with E-state index < -0.39 is 0 Å². The van der Waals surface area contributed by atoms with E-state index in [-0.39, 0.29) is 0 Å². The zero-order valence-electron chi connectivity index (χ0n) is 9.39. The predicted molar refractivity (Wildman–Crippen MR) is 61.7 cm³/mol. The largest absolute Gasteiger partial charge is 0.271 e. The quantitative estimate of drug-likeness (QED) is 0.389. The minimum atomic E-state index is 0.438. The summed E-state index contributed by atoms with van der Waals surface area (Å²) in [5.74, 6) is 6.48. The minimum absolute atomic E-state index is 0.438. The van der Waals surface area contributed by atoms with Gasteiger partial charge in [-0.2, -0.15) is 0 Å². The van der Waals surface area contributed by atoms with Crippen LogP contribution < -0.4 is 11.3 Å². The Morgan fingerprint density at radius 3 is 2.64 bits per heavy atom. The number of hydrogen-bond donors (Lipinski definition) is 2. The maximum absolute atomic E-state index is 5.51. The zero-order valence-corrected chi connectivity index (χ0v) is 9.39. The van der Waals surface area contributed by atoms with E-state index >= 15 is 0 Å². The number of nitrogens with one attached hydrogen (secondary N) is 1. The van der Waals surface area contributed by atoms with E-state index in [1.807, 2.05) is 0 Å². The summed E-state index contributed by atoms with van der Waals surface area (Å²) in [6, 6.07) is 0.438. The molecule has 0 bridgehead atoms. The fraction of sp³-hybridized carbons (Fsp3) is 0.833. The van der Waals surface area contributed by atoms with Crippen molar-refractivity contribution in [3.63, 3.8) is 0 Å². The molecule has 3 N–H and O–H groups in total. The van der Waals surface area contributed by atoms with Crippen molar-refractivity contribution < 1.29 is 0 Å². The normalized spacial score (nSPS) is 19.9. The summed E-state index contributed by atoms with van der Waals surface area (Å²) in [5, 5.41) is 0. The van der Waals surface area contributed by atoms with E-state index in [0.717, 1.165) is 12.3 Å². The topological polar surface area (TPSA) is 38.0 Å². The van der Waals surface area contributed by atoms with E-state index in [0.29, 0.717) is 6.04 Å². The van der Waals surface area contributed by atoms with Gasteiger partial charge in [-0.25, -0.2) is 0 Å². The van der Waals surface area contributed by atoms with Crippen molar-refractivity contribution in [3.05, 3.63) is 12.2 Å². The third-order valence-corrected chi connectivity index (χ3v) is 3.23. The fourth-order valence-electron chi connectivity index (χ4n) is 2.40. The molecule has 0 radical (unpaired) electrons. The summed E-state index contributed by atoms with van der Waals surface area (Å²) < 4.78 is 0. The second-order valence-corrected chi connectivity index (χ2v) is 4.75. The van der Waals surface area contributed by atoms with E-state index in [9.17, 15) is 0 Å². The van der Waals surface area contributed by atoms with Crippen LogP contribution in [0.2, 0.25) is 0 Å². The molecule has 1 rings (SSSR count). The lowest BCUT2D eigenvalue weighted by Gasteiger charge is -2.17. The molecule has 0 heterocycles. The summed E-state index contributed by atoms with van der Waals surface area (Å²) in [6.45, 7) is 6.00. The molecule has 1 atom stereocenters. The van der Waals surface area contributed by atoms with Crippen LogP contribution in [-0.4, -0.2) is 6.04 Å². The van der Waals surface area contributed by atoms with Gasteiger partial charge in [-0.15, -0.1) is 6.58 Å². The molecule has 14 heavy (non-hydrogen) atoms. The smallest absolute Gasteiger partial charge is 0.0247 e. The Morgan fingerprint density at radius 2 is 2.14 bits per heavy atom. The van der Waals surface area contributed by atoms with Crippen molar-refractivity contribution >= 4 is 0 Å². The molecule has 0 saturated heterocycles. The Balaban J connectivity index is 2.15. The summed E-state index contributed by atoms with van der Waals surface area (Å²) >= 11 is 0. The van der Waals surface area contributed by atoms with E-state index in [2.05, 4.69) is 18.9 Å². The summed E-state index contributed by atoms with van der Waals surface area (Å²) in [6.07, 6.45) is 9.30. The maximum atomic E-state index is 5.51. The van der Waals surface area contributed by atoms with Crippen molar-refractivity contribution in [2.24, 2.45) is 11.8 Å². The molecule has 1 aliphatic rings. The van der Waals surface area contributed by atoms with Gasteiger partial charge in [0.2, 0.25) is 0 Å². The van der Waals surface area contributed by atoms with Crippen molar-refractivity contribution in [1.82, 2.24) is 5.43 Å². The minimum Gasteiger partial charge on any atom is -0.271 e. The van der Waals surface area contributed by atoms with Gasteiger partial charge in [0.05, 0.1) is 0 Å². The highest BCUT2D eigenvalue weighted by molar-refractivity contribution is 4.92. The molecule has 0 spiro atoms. The van der Waals surface area contributed by atoms with Gasteiger partial charge in [0.25, 0.3) is 0 Å². The lowest BCUT2D eigenvalue weighted by molar-refractivity contribution is 0.406. The van der Waals surface area contributed by atoms with Crippen LogP contribution in [0.3, 0.4) is 0 Å². The average Bonchev–Trinajstić information content (AvgIpc) is 2.64. The number of nitrogens with two attached hydrogens (primary N) is 1. The fourth-order valence-corrected chi connectivity index (χ4v) is 2.40. The molecule has 2 heteroatoms. The van der Waals surface area contributed by atoms with Gasteiger partial charge in [0, 0.05) is 6.04 Å². The molecule has 1 fully saturated rings. The third kappa shape index (κ3) is 4.25. The van der Waals surface area contributed by atoms with Crippen molar-refractivity contribution in [1.29, 1.82) is 0 Å². The highest BCUT2D eigenvalue weighted by Gasteiger charge is 2.16. The molecule has 82 valence electrons. The van der Waals surface area contributed by atoms with Crippen LogP contribution in [-0.2, 0) is 0 Å². The first kappa shape index (κ1) is 11.7. The first-order valence-corrected chi connectivity index (χ1v) is 5.83. The second kappa shape index (κ2) is 6.20. The van der Waals surface area contributed by atoms with Crippen LogP contribution in [0.4, 0.5) is 0 Å². The molecule has 0 aromatic rings. The van der Waals surface area contributed by atoms with Crippen LogP contribution >= 0.6 is 0 Å². The van der Waals surface area contributed by atoms with Crippen LogP contribution in [0.25, 0.3) is 0 Å². The Kier molecular flexibility index (Phi) is 5.20. The van der Waals surface area contributed by atoms with Crippen LogP contribution in [0.5, 0.6) is 0 Å². The average molecular weight is 196 g/mol. The van der Waals surface area contributed by atoms with Gasteiger partial charge in [-0.05, 0) is 32.1 Å². The van der Waals surface area contributed by atoms with Crippen LogP contribution in [0.1, 0.15) is 51.9 Å². The first-order valence-electron chi connectivity index (χ1n) is 5.83. The highest BCUT2D eigenvalue weighted by Crippen LogP contribution is 2.29. The molecular weight excluding hydrogens is 172 g/mol. The Hall–Kier alpha value is -0.340. The molecule has 0 amide bonds. The zero-order chi connectivity index (χ0) is 10.4. The van der Waals surface area contributed by atoms with Gasteiger partial charge in [0.1, 0.15) is 0 Å². The van der Waals surface area contributed by atoms with Gasteiger partial charge >= 0.3 is 0 Å². The Labute approximate surface area is 87.9 Å². The van der Waals surface area contributed by atoms with E-state index in [1.54, 1.807) is 0 Å². The third-order valence-electron chi connectivity index (χ3n) is 3.23. The molecule has 1 unspecified atom stereocenters. The van der Waals surface area contributed by atoms with Crippen LogP contribution in [0.15, 0.2) is 12.2 Å². The molecule has 0 aromatic heterocycles. The van der Waals surface area contributed by atoms with Gasteiger partial charge in [0.15, 0.2) is 0 Å². The van der Waals surface area contributed by atoms with E-state index in [1.165, 1.54) is 44.1 Å². The Morgan fingerprint density at radius 1 is 1.50 bits per heavy atom. The summed E-state index contributed by atoms with van der Waals surface area (Å²) in [4.78, 5) is 0. The molecule has 2 nitrogen and oxygen atoms in total. The predicted octanol–water partition coefficient (Wildman–Crippen LogP) is 2.75. The number of hydrazine groups is 1. The van der Waals surface area contributed by atoms with Gasteiger partial charge in [-0.1, -0.05) is 31.3 Å². The van der Waals surface area contributed by atoms with Crippen molar-refractivity contribution in [2.45, 2.75) is 57.9 Å². The maximum Gasteiger partial charge on any atom is 0.0247 e. The molecular formula is C12H24N2. The first-order chi connectivity index (χ1) is 6.72. The lowest BCUT2D eigenvalue weighted by Crippen LogP contribution is -2.35. The summed E-state index contributed by atoms with van der Waals surface area (Å²) in [5.41, 5.74) is 4.12. The molecule has 1 saturated carbocycles. The number of hydrogen-bond acceptors (Lipinski definition) is 2. The standard InChI is InChI=1S/C12H24N2/c1-10(2)9-12(14-13)8-7-11-5-3-4-6-11/h11-12,14H,1,3-9,13H2,2H3. The van der Waals surface area contributed by atoms with Crippen molar-refractivity contribution in [3.8, 4) is 0 Å². The van der Waals surface area contributed by atoms with Gasteiger partial charge < -0.3 is 0 Å². The van der Waals surface area contributed by atoms with Crippen LogP contribution in [0, 0.1) is 5.92 Å². The second-order valence-electron chi connectivity index (χ2n) is 4.75. The lowest BCUT2D eigenvalue weighted by atomic mass is 9.96. The molecule has 0 aromatic carbocycles. The SMILES string of the molecule is C=C(C)CC(CCC1CCCC1)NN. The monoisotopic (exact) mass is 196 g/mol. The number of rotatable bonds is 6.